The number of anilines is 1. The molecule has 1 amide bonds. The van der Waals surface area contributed by atoms with Crippen LogP contribution in [0.15, 0.2) is 72.8 Å². The van der Waals surface area contributed by atoms with Gasteiger partial charge < -0.3 is 9.80 Å². The predicted molar refractivity (Wildman–Crippen MR) is 132 cm³/mol. The van der Waals surface area contributed by atoms with Crippen molar-refractivity contribution < 1.29 is 14.5 Å². The highest BCUT2D eigenvalue weighted by atomic mass is 16.6. The Kier molecular flexibility index (Phi) is 6.72. The van der Waals surface area contributed by atoms with Gasteiger partial charge in [0.15, 0.2) is 5.78 Å². The highest BCUT2D eigenvalue weighted by molar-refractivity contribution is 6.09. The molecule has 0 aromatic heterocycles. The highest BCUT2D eigenvalue weighted by Gasteiger charge is 2.27. The van der Waals surface area contributed by atoms with E-state index in [1.807, 2.05) is 35.2 Å². The third-order valence-electron chi connectivity index (χ3n) is 6.20. The van der Waals surface area contributed by atoms with Gasteiger partial charge in [-0.05, 0) is 35.7 Å². The van der Waals surface area contributed by atoms with Gasteiger partial charge in [-0.25, -0.2) is 0 Å². The van der Waals surface area contributed by atoms with Gasteiger partial charge in [0.1, 0.15) is 5.69 Å². The van der Waals surface area contributed by atoms with Gasteiger partial charge in [-0.3, -0.25) is 19.7 Å². The standard InChI is InChI=1S/C27H27N3O4/c1-19(2)20-8-10-22(11-9-20)27(32)29-16-14-28(15-17-29)24-13-12-23(18-25(24)30(33)34)26(31)21-6-4-3-5-7-21/h3-13,18-19H,14-17H2,1-2H3. The summed E-state index contributed by atoms with van der Waals surface area (Å²) in [5.41, 5.74) is 2.95. The molecule has 1 aliphatic heterocycles. The molecule has 0 radical (unpaired) electrons. The summed E-state index contributed by atoms with van der Waals surface area (Å²) in [6.45, 7) is 6.10. The molecule has 0 spiro atoms. The Morgan fingerprint density at radius 3 is 2.03 bits per heavy atom. The minimum Gasteiger partial charge on any atom is -0.362 e. The molecule has 1 saturated heterocycles. The van der Waals surface area contributed by atoms with Crippen LogP contribution in [0.2, 0.25) is 0 Å². The quantitative estimate of drug-likeness (QED) is 0.298. The van der Waals surface area contributed by atoms with E-state index in [-0.39, 0.29) is 22.9 Å². The lowest BCUT2D eigenvalue weighted by molar-refractivity contribution is -0.384. The zero-order valence-corrected chi connectivity index (χ0v) is 19.3. The Balaban J connectivity index is 1.47. The average molecular weight is 458 g/mol. The lowest BCUT2D eigenvalue weighted by Crippen LogP contribution is -2.49. The number of piperazine rings is 1. The average Bonchev–Trinajstić information content (AvgIpc) is 2.88. The van der Waals surface area contributed by atoms with Crippen LogP contribution in [0.3, 0.4) is 0 Å². The summed E-state index contributed by atoms with van der Waals surface area (Å²) in [6.07, 6.45) is 0. The van der Waals surface area contributed by atoms with Crippen LogP contribution in [0.25, 0.3) is 0 Å². The Bertz CT molecular complexity index is 1200. The van der Waals surface area contributed by atoms with E-state index in [0.717, 1.165) is 0 Å². The van der Waals surface area contributed by atoms with Gasteiger partial charge >= 0.3 is 0 Å². The third-order valence-corrected chi connectivity index (χ3v) is 6.20. The Labute approximate surface area is 198 Å². The van der Waals surface area contributed by atoms with Crippen molar-refractivity contribution in [2.75, 3.05) is 31.1 Å². The topological polar surface area (TPSA) is 83.8 Å². The summed E-state index contributed by atoms with van der Waals surface area (Å²) < 4.78 is 0. The highest BCUT2D eigenvalue weighted by Crippen LogP contribution is 2.31. The van der Waals surface area contributed by atoms with E-state index in [1.165, 1.54) is 11.6 Å². The number of nitro benzene ring substituents is 1. The fourth-order valence-corrected chi connectivity index (χ4v) is 4.18. The first kappa shape index (κ1) is 23.2. The monoisotopic (exact) mass is 457 g/mol. The number of ketones is 1. The number of carbonyl (C=O) groups excluding carboxylic acids is 2. The number of amides is 1. The molecule has 3 aromatic rings. The summed E-state index contributed by atoms with van der Waals surface area (Å²) in [5.74, 6) is 0.111. The number of hydrogen-bond donors (Lipinski definition) is 0. The molecule has 3 aromatic carbocycles. The summed E-state index contributed by atoms with van der Waals surface area (Å²) in [7, 11) is 0. The number of nitro groups is 1. The van der Waals surface area contributed by atoms with Crippen LogP contribution >= 0.6 is 0 Å². The van der Waals surface area contributed by atoms with Gasteiger partial charge in [-0.1, -0.05) is 56.3 Å². The van der Waals surface area contributed by atoms with E-state index in [4.69, 9.17) is 0 Å². The van der Waals surface area contributed by atoms with Crippen molar-refractivity contribution in [3.05, 3.63) is 105 Å². The van der Waals surface area contributed by atoms with Crippen LogP contribution in [0.5, 0.6) is 0 Å². The first-order valence-corrected chi connectivity index (χ1v) is 11.4. The molecule has 1 aliphatic rings. The number of hydrogen-bond acceptors (Lipinski definition) is 5. The van der Waals surface area contributed by atoms with Crippen LogP contribution in [-0.2, 0) is 0 Å². The minimum atomic E-state index is -0.453. The van der Waals surface area contributed by atoms with Gasteiger partial charge in [0, 0.05) is 48.9 Å². The lowest BCUT2D eigenvalue weighted by Gasteiger charge is -2.36. The smallest absolute Gasteiger partial charge is 0.293 e. The maximum atomic E-state index is 12.9. The molecule has 1 fully saturated rings. The molecule has 0 saturated carbocycles. The van der Waals surface area contributed by atoms with E-state index in [9.17, 15) is 19.7 Å². The van der Waals surface area contributed by atoms with Crippen molar-refractivity contribution in [1.29, 1.82) is 0 Å². The Hall–Kier alpha value is -4.00. The molecule has 0 N–H and O–H groups in total. The van der Waals surface area contributed by atoms with Crippen LogP contribution in [0.1, 0.15) is 51.6 Å². The molecule has 7 nitrogen and oxygen atoms in total. The molecule has 0 atom stereocenters. The molecule has 0 unspecified atom stereocenters. The summed E-state index contributed by atoms with van der Waals surface area (Å²) >= 11 is 0. The first-order chi connectivity index (χ1) is 16.3. The third kappa shape index (κ3) is 4.83. The maximum Gasteiger partial charge on any atom is 0.293 e. The number of benzene rings is 3. The lowest BCUT2D eigenvalue weighted by atomic mass is 10.0. The second-order valence-corrected chi connectivity index (χ2v) is 8.71. The second kappa shape index (κ2) is 9.87. The van der Waals surface area contributed by atoms with Crippen LogP contribution in [0.4, 0.5) is 11.4 Å². The fraction of sp³-hybridized carbons (Fsp3) is 0.259. The number of nitrogens with zero attached hydrogens (tertiary/aromatic N) is 3. The van der Waals surface area contributed by atoms with Gasteiger partial charge in [0.25, 0.3) is 11.6 Å². The molecule has 174 valence electrons. The van der Waals surface area contributed by atoms with Gasteiger partial charge in [0.05, 0.1) is 4.92 Å². The van der Waals surface area contributed by atoms with Crippen molar-refractivity contribution in [1.82, 2.24) is 4.90 Å². The van der Waals surface area contributed by atoms with Crippen LogP contribution in [-0.4, -0.2) is 47.7 Å². The van der Waals surface area contributed by atoms with Crippen molar-refractivity contribution >= 4 is 23.1 Å². The molecular weight excluding hydrogens is 430 g/mol. The van der Waals surface area contributed by atoms with Crippen molar-refractivity contribution in [3.63, 3.8) is 0 Å². The Morgan fingerprint density at radius 2 is 1.44 bits per heavy atom. The largest absolute Gasteiger partial charge is 0.362 e. The zero-order valence-electron chi connectivity index (χ0n) is 19.3. The van der Waals surface area contributed by atoms with Gasteiger partial charge in [-0.15, -0.1) is 0 Å². The zero-order chi connectivity index (χ0) is 24.2. The number of rotatable bonds is 6. The molecule has 0 bridgehead atoms. The minimum absolute atomic E-state index is 0.0340. The second-order valence-electron chi connectivity index (χ2n) is 8.71. The molecule has 34 heavy (non-hydrogen) atoms. The van der Waals surface area contributed by atoms with Crippen LogP contribution in [0, 0.1) is 10.1 Å². The first-order valence-electron chi connectivity index (χ1n) is 11.4. The van der Waals surface area contributed by atoms with Crippen molar-refractivity contribution in [2.24, 2.45) is 0 Å². The molecule has 7 heteroatoms. The summed E-state index contributed by atoms with van der Waals surface area (Å²) in [5, 5.41) is 11.8. The summed E-state index contributed by atoms with van der Waals surface area (Å²) in [6, 6.07) is 21.0. The van der Waals surface area contributed by atoms with Crippen molar-refractivity contribution in [3.8, 4) is 0 Å². The van der Waals surface area contributed by atoms with Gasteiger partial charge in [-0.2, -0.15) is 0 Å². The number of carbonyl (C=O) groups is 2. The molecule has 4 rings (SSSR count). The van der Waals surface area contributed by atoms with E-state index >= 15 is 0 Å². The van der Waals surface area contributed by atoms with Crippen LogP contribution < -0.4 is 4.90 Å². The van der Waals surface area contributed by atoms with E-state index in [1.54, 1.807) is 41.3 Å². The normalized spacial score (nSPS) is 13.7. The molecule has 0 aliphatic carbocycles. The van der Waals surface area contributed by atoms with E-state index in [0.29, 0.717) is 48.9 Å². The SMILES string of the molecule is CC(C)c1ccc(C(=O)N2CCN(c3ccc(C(=O)c4ccccc4)cc3[N+](=O)[O-])CC2)cc1. The van der Waals surface area contributed by atoms with Crippen molar-refractivity contribution in [2.45, 2.75) is 19.8 Å². The summed E-state index contributed by atoms with van der Waals surface area (Å²) in [4.78, 5) is 40.7. The molecule has 1 heterocycles. The Morgan fingerprint density at radius 1 is 0.824 bits per heavy atom. The van der Waals surface area contributed by atoms with E-state index < -0.39 is 4.92 Å². The van der Waals surface area contributed by atoms with E-state index in [2.05, 4.69) is 13.8 Å². The maximum absolute atomic E-state index is 12.9. The fourth-order valence-electron chi connectivity index (χ4n) is 4.18. The molecular formula is C27H27N3O4. The predicted octanol–water partition coefficient (Wildman–Crippen LogP) is 4.91. The van der Waals surface area contributed by atoms with Gasteiger partial charge in [0.2, 0.25) is 0 Å².